The standard InChI is InChI=1S/C13H13Cl2NO3S2/c14-9-3-4-10(15)13(8-9)21(18,19)16-6-5-11(17)12-2-1-7-20-12/h1-4,7-8,11,16-17H,5-6H2. The van der Waals surface area contributed by atoms with E-state index in [4.69, 9.17) is 23.2 Å². The fourth-order valence-corrected chi connectivity index (χ4v) is 4.27. The van der Waals surface area contributed by atoms with Gasteiger partial charge in [0, 0.05) is 16.4 Å². The van der Waals surface area contributed by atoms with Crippen molar-refractivity contribution in [2.24, 2.45) is 0 Å². The molecule has 0 amide bonds. The molecule has 114 valence electrons. The van der Waals surface area contributed by atoms with Crippen molar-refractivity contribution in [3.05, 3.63) is 50.6 Å². The van der Waals surface area contributed by atoms with Crippen molar-refractivity contribution in [1.29, 1.82) is 0 Å². The molecule has 0 aliphatic rings. The van der Waals surface area contributed by atoms with Crippen molar-refractivity contribution < 1.29 is 13.5 Å². The Balaban J connectivity index is 2.00. The first-order valence-electron chi connectivity index (χ1n) is 6.06. The Hall–Kier alpha value is -0.630. The molecule has 0 aliphatic heterocycles. The number of benzene rings is 1. The molecule has 0 spiro atoms. The first-order valence-corrected chi connectivity index (χ1v) is 9.18. The van der Waals surface area contributed by atoms with Gasteiger partial charge in [-0.3, -0.25) is 0 Å². The second kappa shape index (κ2) is 7.09. The summed E-state index contributed by atoms with van der Waals surface area (Å²) in [6.07, 6.45) is -0.416. The van der Waals surface area contributed by atoms with Crippen molar-refractivity contribution in [1.82, 2.24) is 4.72 Å². The van der Waals surface area contributed by atoms with E-state index in [9.17, 15) is 13.5 Å². The number of sulfonamides is 1. The lowest BCUT2D eigenvalue weighted by Gasteiger charge is -2.11. The molecule has 0 bridgehead atoms. The Morgan fingerprint density at radius 2 is 2.05 bits per heavy atom. The third-order valence-corrected chi connectivity index (χ3v) is 5.92. The molecule has 2 N–H and O–H groups in total. The van der Waals surface area contributed by atoms with Crippen LogP contribution in [0.4, 0.5) is 0 Å². The van der Waals surface area contributed by atoms with E-state index < -0.39 is 16.1 Å². The smallest absolute Gasteiger partial charge is 0.242 e. The van der Waals surface area contributed by atoms with Crippen LogP contribution in [0.1, 0.15) is 17.4 Å². The molecule has 0 saturated carbocycles. The molecule has 2 rings (SSSR count). The summed E-state index contributed by atoms with van der Waals surface area (Å²) in [7, 11) is -3.75. The highest BCUT2D eigenvalue weighted by atomic mass is 35.5. The topological polar surface area (TPSA) is 66.4 Å². The molecule has 0 aliphatic carbocycles. The largest absolute Gasteiger partial charge is 0.388 e. The fourth-order valence-electron chi connectivity index (χ4n) is 1.71. The molecule has 1 heterocycles. The number of halogens is 2. The van der Waals surface area contributed by atoms with Crippen LogP contribution in [0.5, 0.6) is 0 Å². The highest BCUT2D eigenvalue weighted by Crippen LogP contribution is 2.25. The second-order valence-corrected chi connectivity index (χ2v) is 7.85. The van der Waals surface area contributed by atoms with Gasteiger partial charge in [-0.2, -0.15) is 0 Å². The highest BCUT2D eigenvalue weighted by Gasteiger charge is 2.19. The number of nitrogens with one attached hydrogen (secondary N) is 1. The van der Waals surface area contributed by atoms with Crippen LogP contribution >= 0.6 is 34.5 Å². The SMILES string of the molecule is O=S(=O)(NCCC(O)c1cccs1)c1cc(Cl)ccc1Cl. The maximum atomic E-state index is 12.1. The molecular weight excluding hydrogens is 353 g/mol. The van der Waals surface area contributed by atoms with E-state index in [-0.39, 0.29) is 22.9 Å². The number of thiophene rings is 1. The average molecular weight is 366 g/mol. The maximum Gasteiger partial charge on any atom is 0.242 e. The Morgan fingerprint density at radius 3 is 2.71 bits per heavy atom. The molecule has 8 heteroatoms. The van der Waals surface area contributed by atoms with Crippen molar-refractivity contribution >= 4 is 44.6 Å². The Morgan fingerprint density at radius 1 is 1.29 bits per heavy atom. The zero-order chi connectivity index (χ0) is 15.5. The van der Waals surface area contributed by atoms with Crippen LogP contribution in [0.25, 0.3) is 0 Å². The highest BCUT2D eigenvalue weighted by molar-refractivity contribution is 7.89. The van der Waals surface area contributed by atoms with E-state index in [1.807, 2.05) is 11.4 Å². The lowest BCUT2D eigenvalue weighted by molar-refractivity contribution is 0.173. The number of hydrogen-bond donors (Lipinski definition) is 2. The minimum absolute atomic E-state index is 0.0673. The zero-order valence-corrected chi connectivity index (χ0v) is 13.9. The van der Waals surface area contributed by atoms with Gasteiger partial charge in [-0.25, -0.2) is 13.1 Å². The molecule has 1 aromatic carbocycles. The quantitative estimate of drug-likeness (QED) is 0.823. The van der Waals surface area contributed by atoms with Gasteiger partial charge in [-0.1, -0.05) is 29.3 Å². The Labute approximate surface area is 137 Å². The van der Waals surface area contributed by atoms with Crippen LogP contribution in [0.15, 0.2) is 40.6 Å². The van der Waals surface area contributed by atoms with Crippen molar-refractivity contribution in [3.8, 4) is 0 Å². The van der Waals surface area contributed by atoms with Gasteiger partial charge >= 0.3 is 0 Å². The van der Waals surface area contributed by atoms with Gasteiger partial charge in [0.25, 0.3) is 0 Å². The summed E-state index contributed by atoms with van der Waals surface area (Å²) in [6, 6.07) is 7.88. The predicted molar refractivity (Wildman–Crippen MR) is 85.5 cm³/mol. The lowest BCUT2D eigenvalue weighted by Crippen LogP contribution is -2.26. The van der Waals surface area contributed by atoms with E-state index in [1.54, 1.807) is 6.07 Å². The van der Waals surface area contributed by atoms with Gasteiger partial charge in [0.05, 0.1) is 11.1 Å². The normalized spacial score (nSPS) is 13.3. The van der Waals surface area contributed by atoms with Crippen LogP contribution in [-0.4, -0.2) is 20.1 Å². The minimum atomic E-state index is -3.75. The third-order valence-electron chi connectivity index (χ3n) is 2.76. The summed E-state index contributed by atoms with van der Waals surface area (Å²) in [5.74, 6) is 0. The van der Waals surface area contributed by atoms with Crippen molar-refractivity contribution in [3.63, 3.8) is 0 Å². The summed E-state index contributed by atoms with van der Waals surface area (Å²) < 4.78 is 26.7. The summed E-state index contributed by atoms with van der Waals surface area (Å²) >= 11 is 13.1. The molecule has 4 nitrogen and oxygen atoms in total. The molecule has 0 fully saturated rings. The van der Waals surface area contributed by atoms with Crippen LogP contribution < -0.4 is 4.72 Å². The number of aliphatic hydroxyl groups is 1. The van der Waals surface area contributed by atoms with Gasteiger partial charge in [0.1, 0.15) is 4.90 Å². The van der Waals surface area contributed by atoms with Crippen LogP contribution in [0.3, 0.4) is 0 Å². The summed E-state index contributed by atoms with van der Waals surface area (Å²) in [5, 5.41) is 12.2. The van der Waals surface area contributed by atoms with E-state index >= 15 is 0 Å². The van der Waals surface area contributed by atoms with Gasteiger partial charge in [-0.15, -0.1) is 11.3 Å². The van der Waals surface area contributed by atoms with E-state index in [2.05, 4.69) is 4.72 Å². The molecule has 21 heavy (non-hydrogen) atoms. The van der Waals surface area contributed by atoms with E-state index in [0.29, 0.717) is 5.02 Å². The Bertz CT molecular complexity index is 702. The molecule has 0 saturated heterocycles. The van der Waals surface area contributed by atoms with E-state index in [0.717, 1.165) is 4.88 Å². The van der Waals surface area contributed by atoms with Crippen LogP contribution in [0.2, 0.25) is 10.0 Å². The number of hydrogen-bond acceptors (Lipinski definition) is 4. The molecule has 1 aromatic heterocycles. The fraction of sp³-hybridized carbons (Fsp3) is 0.231. The van der Waals surface area contributed by atoms with Crippen LogP contribution in [0, 0.1) is 0 Å². The molecule has 0 radical (unpaired) electrons. The second-order valence-electron chi connectivity index (χ2n) is 4.29. The van der Waals surface area contributed by atoms with Gasteiger partial charge < -0.3 is 5.11 Å². The minimum Gasteiger partial charge on any atom is -0.388 e. The monoisotopic (exact) mass is 365 g/mol. The predicted octanol–water partition coefficient (Wildman–Crippen LogP) is 3.46. The van der Waals surface area contributed by atoms with Crippen molar-refractivity contribution in [2.75, 3.05) is 6.54 Å². The first kappa shape index (κ1) is 16.7. The summed E-state index contributed by atoms with van der Waals surface area (Å²) in [6.45, 7) is 0.101. The summed E-state index contributed by atoms with van der Waals surface area (Å²) in [4.78, 5) is 0.734. The first-order chi connectivity index (χ1) is 9.90. The Kier molecular flexibility index (Phi) is 5.65. The molecule has 1 atom stereocenters. The molecule has 2 aromatic rings. The number of rotatable bonds is 6. The average Bonchev–Trinajstić information content (AvgIpc) is 2.95. The van der Waals surface area contributed by atoms with Crippen molar-refractivity contribution in [2.45, 2.75) is 17.4 Å². The van der Waals surface area contributed by atoms with Crippen LogP contribution in [-0.2, 0) is 10.0 Å². The third kappa shape index (κ3) is 4.42. The number of aliphatic hydroxyl groups excluding tert-OH is 1. The maximum absolute atomic E-state index is 12.1. The summed E-state index contributed by atoms with van der Waals surface area (Å²) in [5.41, 5.74) is 0. The zero-order valence-electron chi connectivity index (χ0n) is 10.8. The molecule has 1 unspecified atom stereocenters. The molecular formula is C13H13Cl2NO3S2. The lowest BCUT2D eigenvalue weighted by atomic mass is 10.2. The van der Waals surface area contributed by atoms with Gasteiger partial charge in [0.2, 0.25) is 10.0 Å². The van der Waals surface area contributed by atoms with Gasteiger partial charge in [0.15, 0.2) is 0 Å². The van der Waals surface area contributed by atoms with E-state index in [1.165, 1.54) is 29.5 Å². The van der Waals surface area contributed by atoms with Gasteiger partial charge in [-0.05, 0) is 36.1 Å².